The number of nitriles is 1. The summed E-state index contributed by atoms with van der Waals surface area (Å²) >= 11 is 12.1. The van der Waals surface area contributed by atoms with E-state index in [2.05, 4.69) is 0 Å². The standard InChI is InChI=1S/C25H20Cl2FN3O4/c1-13-6-15(21(33)12-32)2-4-19(13)25(31)35-22(30)9-16-3-5-20(27)24(23(16)28)34-18-8-14(11-29)7-17(26)10-18/h2-8,10,21,30-33H,9,12H2,1H3. The predicted molar refractivity (Wildman–Crippen MR) is 130 cm³/mol. The van der Waals surface area contributed by atoms with Crippen LogP contribution in [0.15, 0.2) is 48.5 Å². The Morgan fingerprint density at radius 1 is 1.14 bits per heavy atom. The molecule has 0 bridgehead atoms. The zero-order valence-electron chi connectivity index (χ0n) is 18.4. The Morgan fingerprint density at radius 2 is 1.89 bits per heavy atom. The highest BCUT2D eigenvalue weighted by molar-refractivity contribution is 6.32. The molecule has 3 aromatic rings. The molecular weight excluding hydrogens is 496 g/mol. The van der Waals surface area contributed by atoms with E-state index >= 15 is 4.39 Å². The Hall–Kier alpha value is -3.48. The third-order valence-electron chi connectivity index (χ3n) is 4.98. The molecule has 180 valence electrons. The predicted octanol–water partition coefficient (Wildman–Crippen LogP) is 5.69. The van der Waals surface area contributed by atoms with Gasteiger partial charge in [-0.25, -0.2) is 4.39 Å². The fraction of sp³-hybridized carbons (Fsp3) is 0.160. The maximum atomic E-state index is 15.2. The number of ether oxygens (including phenoxy) is 2. The number of halogens is 3. The molecule has 0 amide bonds. The molecular formula is C25H20Cl2FN3O4. The molecule has 3 rings (SSSR count). The Labute approximate surface area is 210 Å². The Balaban J connectivity index is 1.76. The maximum Gasteiger partial charge on any atom is 0.221 e. The molecule has 0 fully saturated rings. The first-order valence-electron chi connectivity index (χ1n) is 10.2. The minimum Gasteiger partial charge on any atom is -0.453 e. The topological polar surface area (TPSA) is 130 Å². The minimum absolute atomic E-state index is 0.0225. The van der Waals surface area contributed by atoms with Crippen molar-refractivity contribution in [3.8, 4) is 17.6 Å². The van der Waals surface area contributed by atoms with Crippen LogP contribution < -0.4 is 4.74 Å². The largest absolute Gasteiger partial charge is 0.453 e. The first-order valence-corrected chi connectivity index (χ1v) is 11.0. The van der Waals surface area contributed by atoms with Crippen LogP contribution in [0.4, 0.5) is 4.39 Å². The first-order chi connectivity index (χ1) is 16.6. The second-order valence-electron chi connectivity index (χ2n) is 7.54. The summed E-state index contributed by atoms with van der Waals surface area (Å²) in [6.45, 7) is 1.26. The van der Waals surface area contributed by atoms with Crippen LogP contribution >= 0.6 is 23.2 Å². The molecule has 0 aromatic heterocycles. The molecule has 0 spiro atoms. The summed E-state index contributed by atoms with van der Waals surface area (Å²) in [5.41, 5.74) is 1.72. The minimum atomic E-state index is -1.04. The fourth-order valence-corrected chi connectivity index (χ4v) is 3.66. The molecule has 35 heavy (non-hydrogen) atoms. The molecule has 0 saturated heterocycles. The van der Waals surface area contributed by atoms with E-state index in [0.29, 0.717) is 16.7 Å². The van der Waals surface area contributed by atoms with E-state index in [-0.39, 0.29) is 45.0 Å². The first kappa shape index (κ1) is 26.1. The summed E-state index contributed by atoms with van der Waals surface area (Å²) in [7, 11) is 0. The number of aliphatic hydroxyl groups is 2. The van der Waals surface area contributed by atoms with Crippen LogP contribution in [0.3, 0.4) is 0 Å². The van der Waals surface area contributed by atoms with Crippen LogP contribution in [0.1, 0.15) is 33.9 Å². The smallest absolute Gasteiger partial charge is 0.221 e. The molecule has 1 atom stereocenters. The van der Waals surface area contributed by atoms with Crippen molar-refractivity contribution in [1.82, 2.24) is 0 Å². The highest BCUT2D eigenvalue weighted by atomic mass is 35.5. The van der Waals surface area contributed by atoms with Crippen molar-refractivity contribution in [2.75, 3.05) is 6.61 Å². The average molecular weight is 516 g/mol. The van der Waals surface area contributed by atoms with Gasteiger partial charge < -0.3 is 19.7 Å². The van der Waals surface area contributed by atoms with Crippen LogP contribution in [0.25, 0.3) is 0 Å². The molecule has 0 radical (unpaired) electrons. The lowest BCUT2D eigenvalue weighted by molar-refractivity contribution is 0.0956. The number of aliphatic hydroxyl groups excluding tert-OH is 2. The van der Waals surface area contributed by atoms with Gasteiger partial charge in [0.15, 0.2) is 17.5 Å². The summed E-state index contributed by atoms with van der Waals surface area (Å²) in [6.07, 6.45) is -1.33. The van der Waals surface area contributed by atoms with Crippen molar-refractivity contribution >= 4 is 35.0 Å². The maximum absolute atomic E-state index is 15.2. The summed E-state index contributed by atoms with van der Waals surface area (Å²) in [6, 6.07) is 13.6. The van der Waals surface area contributed by atoms with Gasteiger partial charge >= 0.3 is 0 Å². The van der Waals surface area contributed by atoms with E-state index in [9.17, 15) is 5.11 Å². The number of aryl methyl sites for hydroxylation is 1. The monoisotopic (exact) mass is 515 g/mol. The van der Waals surface area contributed by atoms with E-state index in [4.69, 9.17) is 53.9 Å². The van der Waals surface area contributed by atoms with Gasteiger partial charge in [-0.3, -0.25) is 10.8 Å². The summed E-state index contributed by atoms with van der Waals surface area (Å²) in [4.78, 5) is 0. The van der Waals surface area contributed by atoms with Crippen molar-refractivity contribution < 1.29 is 24.1 Å². The Kier molecular flexibility index (Phi) is 8.43. The van der Waals surface area contributed by atoms with Gasteiger partial charge in [0.05, 0.1) is 29.7 Å². The molecule has 0 aliphatic rings. The summed E-state index contributed by atoms with van der Waals surface area (Å²) in [5.74, 6) is -1.73. The zero-order chi connectivity index (χ0) is 25.7. The fourth-order valence-electron chi connectivity index (χ4n) is 3.25. The van der Waals surface area contributed by atoms with Crippen LogP contribution in [-0.2, 0) is 11.2 Å². The van der Waals surface area contributed by atoms with Gasteiger partial charge in [0.25, 0.3) is 0 Å². The summed E-state index contributed by atoms with van der Waals surface area (Å²) in [5, 5.41) is 44.4. The number of benzene rings is 3. The molecule has 10 heteroatoms. The number of hydrogen-bond acceptors (Lipinski definition) is 7. The lowest BCUT2D eigenvalue weighted by Crippen LogP contribution is -2.16. The number of rotatable bonds is 7. The van der Waals surface area contributed by atoms with Crippen molar-refractivity contribution in [3.63, 3.8) is 0 Å². The van der Waals surface area contributed by atoms with Gasteiger partial charge in [0.1, 0.15) is 11.9 Å². The van der Waals surface area contributed by atoms with Crippen LogP contribution in [0.5, 0.6) is 11.5 Å². The van der Waals surface area contributed by atoms with Crippen molar-refractivity contribution in [3.05, 3.63) is 92.2 Å². The van der Waals surface area contributed by atoms with E-state index in [1.807, 2.05) is 6.07 Å². The SMILES string of the molecule is Cc1cc(C(O)CO)ccc1C(=N)OC(=N)Cc1ccc(Cl)c(Oc2cc(Cl)cc(C#N)c2)c1F. The highest BCUT2D eigenvalue weighted by Gasteiger charge is 2.19. The molecule has 0 aliphatic carbocycles. The van der Waals surface area contributed by atoms with Gasteiger partial charge in [0, 0.05) is 16.1 Å². The highest BCUT2D eigenvalue weighted by Crippen LogP contribution is 2.35. The van der Waals surface area contributed by atoms with E-state index in [1.54, 1.807) is 19.1 Å². The van der Waals surface area contributed by atoms with Gasteiger partial charge in [-0.2, -0.15) is 5.26 Å². The second kappa shape index (κ2) is 11.3. The Morgan fingerprint density at radius 3 is 2.54 bits per heavy atom. The lowest BCUT2D eigenvalue weighted by Gasteiger charge is -2.15. The van der Waals surface area contributed by atoms with Gasteiger partial charge in [-0.05, 0) is 48.4 Å². The molecule has 0 heterocycles. The number of nitrogens with one attached hydrogen (secondary N) is 2. The van der Waals surface area contributed by atoms with E-state index < -0.39 is 24.4 Å². The third-order valence-corrected chi connectivity index (χ3v) is 5.49. The Bertz CT molecular complexity index is 1340. The van der Waals surface area contributed by atoms with Crippen molar-refractivity contribution in [2.24, 2.45) is 0 Å². The van der Waals surface area contributed by atoms with Gasteiger partial charge in [-0.15, -0.1) is 0 Å². The quantitative estimate of drug-likeness (QED) is 0.237. The zero-order valence-corrected chi connectivity index (χ0v) is 19.9. The van der Waals surface area contributed by atoms with Crippen LogP contribution in [0, 0.1) is 34.9 Å². The normalized spacial score (nSPS) is 11.5. The van der Waals surface area contributed by atoms with Crippen molar-refractivity contribution in [1.29, 1.82) is 16.1 Å². The molecule has 3 aromatic carbocycles. The molecule has 7 nitrogen and oxygen atoms in total. The average Bonchev–Trinajstić information content (AvgIpc) is 2.82. The molecule has 0 aliphatic heterocycles. The van der Waals surface area contributed by atoms with Crippen LogP contribution in [-0.4, -0.2) is 28.6 Å². The molecule has 4 N–H and O–H groups in total. The van der Waals surface area contributed by atoms with E-state index in [1.165, 1.54) is 36.4 Å². The number of nitrogens with zero attached hydrogens (tertiary/aromatic N) is 1. The third kappa shape index (κ3) is 6.35. The van der Waals surface area contributed by atoms with E-state index in [0.717, 1.165) is 0 Å². The van der Waals surface area contributed by atoms with Gasteiger partial charge in [-0.1, -0.05) is 41.4 Å². The number of hydrogen-bond donors (Lipinski definition) is 4. The molecule has 0 saturated carbocycles. The molecule has 1 unspecified atom stereocenters. The van der Waals surface area contributed by atoms with Crippen LogP contribution in [0.2, 0.25) is 10.0 Å². The second-order valence-corrected chi connectivity index (χ2v) is 8.39. The van der Waals surface area contributed by atoms with Gasteiger partial charge in [0.2, 0.25) is 5.90 Å². The lowest BCUT2D eigenvalue weighted by atomic mass is 10.0. The summed E-state index contributed by atoms with van der Waals surface area (Å²) < 4.78 is 26.0. The van der Waals surface area contributed by atoms with Crippen molar-refractivity contribution in [2.45, 2.75) is 19.4 Å².